The third kappa shape index (κ3) is 4.42. The topological polar surface area (TPSA) is 72.0 Å². The average Bonchev–Trinajstić information content (AvgIpc) is 3.02. The lowest BCUT2D eigenvalue weighted by molar-refractivity contribution is 0.102. The van der Waals surface area contributed by atoms with Crippen LogP contribution >= 0.6 is 11.3 Å². The maximum atomic E-state index is 12.5. The lowest BCUT2D eigenvalue weighted by Gasteiger charge is -2.04. The molecule has 0 radical (unpaired) electrons. The fraction of sp³-hybridized carbons (Fsp3) is 0.211. The van der Waals surface area contributed by atoms with E-state index in [1.807, 2.05) is 32.0 Å². The molecule has 0 aliphatic heterocycles. The number of benzene rings is 2. The van der Waals surface area contributed by atoms with Crippen molar-refractivity contribution in [2.24, 2.45) is 0 Å². The molecule has 134 valence electrons. The fourth-order valence-electron chi connectivity index (χ4n) is 2.64. The molecule has 0 spiro atoms. The molecule has 0 aliphatic carbocycles. The first-order valence-corrected chi connectivity index (χ1v) is 10.6. The normalized spacial score (nSPS) is 12.0. The molecule has 3 rings (SSSR count). The van der Waals surface area contributed by atoms with Crippen molar-refractivity contribution in [2.45, 2.75) is 19.6 Å². The van der Waals surface area contributed by atoms with Gasteiger partial charge in [0.15, 0.2) is 0 Å². The summed E-state index contributed by atoms with van der Waals surface area (Å²) in [6, 6.07) is 13.3. The number of nitrogens with one attached hydrogen (secondary N) is 1. The van der Waals surface area contributed by atoms with E-state index in [0.29, 0.717) is 16.4 Å². The van der Waals surface area contributed by atoms with Gasteiger partial charge in [0.1, 0.15) is 5.01 Å². The van der Waals surface area contributed by atoms with E-state index < -0.39 is 10.8 Å². The Morgan fingerprint density at radius 1 is 1.15 bits per heavy atom. The predicted molar refractivity (Wildman–Crippen MR) is 107 cm³/mol. The van der Waals surface area contributed by atoms with Gasteiger partial charge in [-0.3, -0.25) is 14.3 Å². The Hall–Kier alpha value is -2.38. The summed E-state index contributed by atoms with van der Waals surface area (Å²) in [5.74, 6) is 0.175. The molecular weight excluding hydrogens is 366 g/mol. The second-order valence-electron chi connectivity index (χ2n) is 6.10. The maximum absolute atomic E-state index is 12.5. The van der Waals surface area contributed by atoms with Crippen LogP contribution in [0, 0.1) is 13.8 Å². The lowest BCUT2D eigenvalue weighted by Crippen LogP contribution is -2.12. The van der Waals surface area contributed by atoms with Gasteiger partial charge < -0.3 is 0 Å². The number of anilines is 1. The van der Waals surface area contributed by atoms with Crippen LogP contribution in [-0.4, -0.2) is 26.6 Å². The minimum atomic E-state index is -0.950. The molecule has 7 heteroatoms. The smallest absolute Gasteiger partial charge is 0.257 e. The molecule has 0 aliphatic rings. The van der Waals surface area contributed by atoms with Gasteiger partial charge in [-0.05, 0) is 37.1 Å². The zero-order chi connectivity index (χ0) is 18.7. The second-order valence-corrected chi connectivity index (χ2v) is 8.52. The van der Waals surface area contributed by atoms with E-state index in [1.54, 1.807) is 24.5 Å². The SMILES string of the molecule is Cc1ccc(-c2nnc(NC(=O)c3cccc(C[S@](C)=O)c3)s2)c(C)c1. The Labute approximate surface area is 159 Å². The first kappa shape index (κ1) is 18.4. The second kappa shape index (κ2) is 7.88. The predicted octanol–water partition coefficient (Wildman–Crippen LogP) is 3.95. The summed E-state index contributed by atoms with van der Waals surface area (Å²) >= 11 is 1.34. The molecule has 0 saturated carbocycles. The summed E-state index contributed by atoms with van der Waals surface area (Å²) in [6.07, 6.45) is 1.64. The van der Waals surface area contributed by atoms with E-state index in [2.05, 4.69) is 21.6 Å². The van der Waals surface area contributed by atoms with E-state index in [-0.39, 0.29) is 5.91 Å². The minimum Gasteiger partial charge on any atom is -0.296 e. The molecular formula is C19H19N3O2S2. The van der Waals surface area contributed by atoms with Crippen LogP contribution in [0.3, 0.4) is 0 Å². The van der Waals surface area contributed by atoms with Crippen LogP contribution in [-0.2, 0) is 16.6 Å². The molecule has 0 bridgehead atoms. The zero-order valence-electron chi connectivity index (χ0n) is 14.8. The number of aryl methyl sites for hydroxylation is 2. The summed E-state index contributed by atoms with van der Waals surface area (Å²) in [6.45, 7) is 4.08. The van der Waals surface area contributed by atoms with Crippen molar-refractivity contribution < 1.29 is 9.00 Å². The van der Waals surface area contributed by atoms with Crippen molar-refractivity contribution in [1.29, 1.82) is 0 Å². The van der Waals surface area contributed by atoms with Crippen molar-refractivity contribution in [3.8, 4) is 10.6 Å². The molecule has 1 heterocycles. The number of hydrogen-bond donors (Lipinski definition) is 1. The van der Waals surface area contributed by atoms with Crippen molar-refractivity contribution in [3.63, 3.8) is 0 Å². The van der Waals surface area contributed by atoms with Crippen molar-refractivity contribution in [2.75, 3.05) is 11.6 Å². The largest absolute Gasteiger partial charge is 0.296 e. The molecule has 1 aromatic heterocycles. The molecule has 2 aromatic carbocycles. The summed E-state index contributed by atoms with van der Waals surface area (Å²) in [7, 11) is -0.950. The van der Waals surface area contributed by atoms with E-state index in [9.17, 15) is 9.00 Å². The third-order valence-electron chi connectivity index (χ3n) is 3.82. The Morgan fingerprint density at radius 2 is 1.96 bits per heavy atom. The molecule has 3 aromatic rings. The molecule has 5 nitrogen and oxygen atoms in total. The molecule has 1 amide bonds. The van der Waals surface area contributed by atoms with Crippen LogP contribution in [0.15, 0.2) is 42.5 Å². The van der Waals surface area contributed by atoms with Gasteiger partial charge in [-0.15, -0.1) is 10.2 Å². The minimum absolute atomic E-state index is 0.253. The number of nitrogens with zero attached hydrogens (tertiary/aromatic N) is 2. The van der Waals surface area contributed by atoms with Crippen molar-refractivity contribution >= 4 is 33.2 Å². The van der Waals surface area contributed by atoms with Gasteiger partial charge >= 0.3 is 0 Å². The number of carbonyl (C=O) groups is 1. The Morgan fingerprint density at radius 3 is 2.69 bits per heavy atom. The van der Waals surface area contributed by atoms with E-state index >= 15 is 0 Å². The van der Waals surface area contributed by atoms with Gasteiger partial charge in [0.05, 0.1) is 0 Å². The molecule has 0 unspecified atom stereocenters. The summed E-state index contributed by atoms with van der Waals surface area (Å²) in [5, 5.41) is 12.3. The number of amides is 1. The molecule has 1 N–H and O–H groups in total. The molecule has 0 saturated heterocycles. The Kier molecular flexibility index (Phi) is 5.58. The van der Waals surface area contributed by atoms with Gasteiger partial charge in [-0.2, -0.15) is 0 Å². The molecule has 26 heavy (non-hydrogen) atoms. The van der Waals surface area contributed by atoms with Gasteiger partial charge in [0, 0.05) is 33.9 Å². The summed E-state index contributed by atoms with van der Waals surface area (Å²) in [4.78, 5) is 12.5. The van der Waals surface area contributed by atoms with Crippen LogP contribution in [0.2, 0.25) is 0 Å². The molecule has 1 atom stereocenters. The molecule has 0 fully saturated rings. The standard InChI is InChI=1S/C19H19N3O2S2/c1-12-7-8-16(13(2)9-12)18-21-22-19(25-18)20-17(23)15-6-4-5-14(10-15)11-26(3)24/h4-10H,11H2,1-3H3,(H,20,22,23)/t26-/m0/s1. The van der Waals surface area contributed by atoms with Gasteiger partial charge in [0.2, 0.25) is 5.13 Å². The third-order valence-corrected chi connectivity index (χ3v) is 5.43. The average molecular weight is 386 g/mol. The first-order valence-electron chi connectivity index (χ1n) is 8.04. The number of hydrogen-bond acceptors (Lipinski definition) is 5. The highest BCUT2D eigenvalue weighted by molar-refractivity contribution is 7.83. The van der Waals surface area contributed by atoms with Crippen LogP contribution in [0.5, 0.6) is 0 Å². The number of carbonyl (C=O) groups excluding carboxylic acids is 1. The summed E-state index contributed by atoms with van der Waals surface area (Å²) in [5.41, 5.74) is 4.71. The Bertz CT molecular complexity index is 982. The van der Waals surface area contributed by atoms with Crippen molar-refractivity contribution in [1.82, 2.24) is 10.2 Å². The highest BCUT2D eigenvalue weighted by Crippen LogP contribution is 2.29. The van der Waals surface area contributed by atoms with Gasteiger partial charge in [-0.1, -0.05) is 47.2 Å². The van der Waals surface area contributed by atoms with Crippen LogP contribution < -0.4 is 5.32 Å². The van der Waals surface area contributed by atoms with Crippen LogP contribution in [0.1, 0.15) is 27.0 Å². The van der Waals surface area contributed by atoms with Gasteiger partial charge in [-0.25, -0.2) is 0 Å². The Balaban J connectivity index is 1.76. The fourth-order valence-corrected chi connectivity index (χ4v) is 4.12. The van der Waals surface area contributed by atoms with Crippen LogP contribution in [0.4, 0.5) is 5.13 Å². The first-order chi connectivity index (χ1) is 12.4. The van der Waals surface area contributed by atoms with E-state index in [0.717, 1.165) is 21.7 Å². The zero-order valence-corrected chi connectivity index (χ0v) is 16.4. The van der Waals surface area contributed by atoms with Crippen molar-refractivity contribution in [3.05, 3.63) is 64.7 Å². The van der Waals surface area contributed by atoms with Crippen LogP contribution in [0.25, 0.3) is 10.6 Å². The van der Waals surface area contributed by atoms with E-state index in [1.165, 1.54) is 16.9 Å². The maximum Gasteiger partial charge on any atom is 0.257 e. The quantitative estimate of drug-likeness (QED) is 0.722. The lowest BCUT2D eigenvalue weighted by atomic mass is 10.1. The number of aromatic nitrogens is 2. The van der Waals surface area contributed by atoms with E-state index in [4.69, 9.17) is 0 Å². The monoisotopic (exact) mass is 385 g/mol. The summed E-state index contributed by atoms with van der Waals surface area (Å²) < 4.78 is 11.4. The highest BCUT2D eigenvalue weighted by atomic mass is 32.2. The number of rotatable bonds is 5. The van der Waals surface area contributed by atoms with Gasteiger partial charge in [0.25, 0.3) is 5.91 Å². The highest BCUT2D eigenvalue weighted by Gasteiger charge is 2.13.